The van der Waals surface area contributed by atoms with Crippen molar-refractivity contribution in [1.29, 1.82) is 0 Å². The van der Waals surface area contributed by atoms with E-state index in [1.54, 1.807) is 30.2 Å². The highest BCUT2D eigenvalue weighted by molar-refractivity contribution is 8.04. The zero-order valence-electron chi connectivity index (χ0n) is 26.2. The summed E-state index contributed by atoms with van der Waals surface area (Å²) < 4.78 is 6.86. The van der Waals surface area contributed by atoms with Gasteiger partial charge in [0.05, 0.1) is 28.7 Å². The number of hydrogen-bond acceptors (Lipinski definition) is 10. The van der Waals surface area contributed by atoms with Crippen LogP contribution in [0.5, 0.6) is 5.75 Å². The Hall–Kier alpha value is -3.05. The lowest BCUT2D eigenvalue weighted by molar-refractivity contribution is 0.0982. The number of thioether (sulfide) groups is 1. The Morgan fingerprint density at radius 3 is 2.44 bits per heavy atom. The van der Waals surface area contributed by atoms with Crippen LogP contribution < -0.4 is 20.3 Å². The van der Waals surface area contributed by atoms with Crippen LogP contribution in [0.2, 0.25) is 0 Å². The third kappa shape index (κ3) is 7.73. The molecule has 4 heterocycles. The minimum Gasteiger partial charge on any atom is -0.494 e. The van der Waals surface area contributed by atoms with Gasteiger partial charge in [0.1, 0.15) is 5.75 Å². The Kier molecular flexibility index (Phi) is 10.0. The molecule has 43 heavy (non-hydrogen) atoms. The number of piperazine rings is 1. The lowest BCUT2D eigenvalue weighted by atomic mass is 10.0. The van der Waals surface area contributed by atoms with Gasteiger partial charge in [-0.1, -0.05) is 40.0 Å². The van der Waals surface area contributed by atoms with E-state index in [-0.39, 0.29) is 4.75 Å². The normalized spacial score (nSPS) is 17.9. The summed E-state index contributed by atoms with van der Waals surface area (Å²) in [7, 11) is 3.93. The SMILES string of the molecule is C=C/C(Nc1nc(Nc2ccc(N3CCC(N4CCN(C)CC4)CC3)cc2OC)nc2ccsc12)=C(\C=C)SC(C)(C)C. The molecule has 8 nitrogen and oxygen atoms in total. The van der Waals surface area contributed by atoms with Gasteiger partial charge in [0.15, 0.2) is 5.82 Å². The van der Waals surface area contributed by atoms with Crippen LogP contribution in [0, 0.1) is 0 Å². The number of rotatable bonds is 10. The first-order valence-electron chi connectivity index (χ1n) is 15.0. The number of ether oxygens (including phenoxy) is 1. The average molecular weight is 620 g/mol. The smallest absolute Gasteiger partial charge is 0.229 e. The lowest BCUT2D eigenvalue weighted by Crippen LogP contribution is -2.52. The zero-order chi connectivity index (χ0) is 30.6. The molecule has 0 radical (unpaired) electrons. The van der Waals surface area contributed by atoms with Crippen molar-refractivity contribution in [3.63, 3.8) is 0 Å². The first kappa shape index (κ1) is 31.4. The van der Waals surface area contributed by atoms with Gasteiger partial charge >= 0.3 is 0 Å². The summed E-state index contributed by atoms with van der Waals surface area (Å²) in [6.07, 6.45) is 6.08. The fourth-order valence-corrected chi connectivity index (χ4v) is 7.42. The van der Waals surface area contributed by atoms with Crippen LogP contribution in [-0.2, 0) is 0 Å². The molecule has 2 saturated heterocycles. The molecule has 2 aromatic heterocycles. The molecule has 10 heteroatoms. The largest absolute Gasteiger partial charge is 0.494 e. The van der Waals surface area contributed by atoms with Crippen molar-refractivity contribution < 1.29 is 4.74 Å². The van der Waals surface area contributed by atoms with Gasteiger partial charge in [-0.3, -0.25) is 4.90 Å². The lowest BCUT2D eigenvalue weighted by Gasteiger charge is -2.42. The molecule has 0 amide bonds. The summed E-state index contributed by atoms with van der Waals surface area (Å²) in [6, 6.07) is 9.06. The highest BCUT2D eigenvalue weighted by atomic mass is 32.2. The maximum atomic E-state index is 5.85. The molecule has 2 aliphatic rings. The molecule has 1 aromatic carbocycles. The van der Waals surface area contributed by atoms with E-state index in [0.29, 0.717) is 12.0 Å². The van der Waals surface area contributed by atoms with E-state index >= 15 is 0 Å². The Labute approximate surface area is 264 Å². The second-order valence-electron chi connectivity index (χ2n) is 12.1. The van der Waals surface area contributed by atoms with Crippen LogP contribution in [0.4, 0.5) is 23.1 Å². The number of hydrogen-bond donors (Lipinski definition) is 2. The van der Waals surface area contributed by atoms with Gasteiger partial charge in [0, 0.05) is 66.7 Å². The molecule has 0 saturated carbocycles. The number of aromatic nitrogens is 2. The quantitative estimate of drug-likeness (QED) is 0.230. The zero-order valence-corrected chi connectivity index (χ0v) is 27.8. The standard InChI is InChI=1S/C33H45N7OS2/c1-8-25(29(9-2)43-33(3,4)5)34-31-30-27(14-21-42-30)36-32(37-31)35-26-11-10-24(22-28(26)41-7)39-15-12-23(13-16-39)40-19-17-38(6)18-20-40/h8-11,14,21-23H,1-2,12-13,15-20H2,3-7H3,(H2,34,35,36,37)/b29-25-. The number of nitrogens with zero attached hydrogens (tertiary/aromatic N) is 5. The maximum Gasteiger partial charge on any atom is 0.229 e. The third-order valence-electron chi connectivity index (χ3n) is 7.94. The summed E-state index contributed by atoms with van der Waals surface area (Å²) in [5.41, 5.74) is 3.75. The van der Waals surface area contributed by atoms with Crippen molar-refractivity contribution in [3.05, 3.63) is 65.6 Å². The maximum absolute atomic E-state index is 5.85. The number of methoxy groups -OCH3 is 1. The van der Waals surface area contributed by atoms with E-state index in [1.165, 1.54) is 44.7 Å². The highest BCUT2D eigenvalue weighted by Crippen LogP contribution is 2.37. The van der Waals surface area contributed by atoms with E-state index in [1.807, 2.05) is 23.6 Å². The summed E-state index contributed by atoms with van der Waals surface area (Å²) >= 11 is 3.35. The molecule has 2 aliphatic heterocycles. The highest BCUT2D eigenvalue weighted by Gasteiger charge is 2.27. The molecule has 3 aromatic rings. The third-order valence-corrected chi connectivity index (χ3v) is 10.1. The molecule has 0 bridgehead atoms. The van der Waals surface area contributed by atoms with Crippen LogP contribution in [-0.4, -0.2) is 84.0 Å². The van der Waals surface area contributed by atoms with Gasteiger partial charge < -0.3 is 25.2 Å². The fraction of sp³-hybridized carbons (Fsp3) is 0.455. The fourth-order valence-electron chi connectivity index (χ4n) is 5.66. The van der Waals surface area contributed by atoms with E-state index in [9.17, 15) is 0 Å². The van der Waals surface area contributed by atoms with Gasteiger partial charge in [-0.25, -0.2) is 4.98 Å². The monoisotopic (exact) mass is 619 g/mol. The minimum atomic E-state index is 0.0271. The van der Waals surface area contributed by atoms with Crippen molar-refractivity contribution in [2.45, 2.75) is 44.4 Å². The molecule has 0 atom stereocenters. The molecule has 0 aliphatic carbocycles. The van der Waals surface area contributed by atoms with Crippen molar-refractivity contribution in [3.8, 4) is 5.75 Å². The van der Waals surface area contributed by atoms with Crippen LogP contribution in [0.1, 0.15) is 33.6 Å². The van der Waals surface area contributed by atoms with Crippen molar-refractivity contribution in [1.82, 2.24) is 19.8 Å². The predicted octanol–water partition coefficient (Wildman–Crippen LogP) is 7.19. The molecule has 0 unspecified atom stereocenters. The molecule has 5 rings (SSSR count). The summed E-state index contributed by atoms with van der Waals surface area (Å²) in [5, 5.41) is 8.97. The molecule has 2 N–H and O–H groups in total. The Morgan fingerprint density at radius 1 is 1.05 bits per heavy atom. The molecule has 2 fully saturated rings. The van der Waals surface area contributed by atoms with Crippen molar-refractivity contribution in [2.75, 3.05) is 69.0 Å². The van der Waals surface area contributed by atoms with Gasteiger partial charge in [0.25, 0.3) is 0 Å². The summed E-state index contributed by atoms with van der Waals surface area (Å²) in [4.78, 5) is 18.3. The first-order valence-corrected chi connectivity index (χ1v) is 16.7. The summed E-state index contributed by atoms with van der Waals surface area (Å²) in [6.45, 7) is 21.5. The average Bonchev–Trinajstić information content (AvgIpc) is 3.48. The number of anilines is 4. The van der Waals surface area contributed by atoms with E-state index in [0.717, 1.165) is 51.2 Å². The van der Waals surface area contributed by atoms with Gasteiger partial charge in [-0.2, -0.15) is 4.98 Å². The number of thiophene rings is 1. The molecule has 230 valence electrons. The number of nitrogens with one attached hydrogen (secondary N) is 2. The number of benzene rings is 1. The van der Waals surface area contributed by atoms with Crippen molar-refractivity contribution >= 4 is 56.5 Å². The first-order chi connectivity index (χ1) is 20.7. The predicted molar refractivity (Wildman–Crippen MR) is 186 cm³/mol. The Balaban J connectivity index is 1.33. The molecular weight excluding hydrogens is 575 g/mol. The van der Waals surface area contributed by atoms with Crippen LogP contribution >= 0.6 is 23.1 Å². The summed E-state index contributed by atoms with van der Waals surface area (Å²) in [5.74, 6) is 1.99. The molecular formula is C33H45N7OS2. The molecule has 0 spiro atoms. The number of allylic oxidation sites excluding steroid dienone is 2. The van der Waals surface area contributed by atoms with E-state index in [2.05, 4.69) is 84.5 Å². The number of likely N-dealkylation sites (N-methyl/N-ethyl adjacent to an activating group) is 1. The van der Waals surface area contributed by atoms with Gasteiger partial charge in [-0.05, 0) is 49.5 Å². The van der Waals surface area contributed by atoms with Gasteiger partial charge in [-0.15, -0.1) is 23.1 Å². The number of fused-ring (bicyclic) bond motifs is 1. The van der Waals surface area contributed by atoms with Crippen LogP contribution in [0.25, 0.3) is 10.2 Å². The van der Waals surface area contributed by atoms with Crippen LogP contribution in [0.15, 0.2) is 65.6 Å². The Bertz CT molecular complexity index is 1460. The van der Waals surface area contributed by atoms with Crippen molar-refractivity contribution in [2.24, 2.45) is 0 Å². The second-order valence-corrected chi connectivity index (χ2v) is 14.9. The van der Waals surface area contributed by atoms with E-state index in [4.69, 9.17) is 14.7 Å². The number of piperidine rings is 1. The second kappa shape index (κ2) is 13.7. The Morgan fingerprint density at radius 2 is 1.79 bits per heavy atom. The topological polar surface area (TPSA) is 68.8 Å². The minimum absolute atomic E-state index is 0.0271. The van der Waals surface area contributed by atoms with Gasteiger partial charge in [0.2, 0.25) is 5.95 Å². The van der Waals surface area contributed by atoms with E-state index < -0.39 is 0 Å². The van der Waals surface area contributed by atoms with Crippen LogP contribution in [0.3, 0.4) is 0 Å².